The minimum absolute atomic E-state index is 0.0657. The van der Waals surface area contributed by atoms with Gasteiger partial charge < -0.3 is 19.5 Å². The van der Waals surface area contributed by atoms with Crippen LogP contribution in [0.1, 0.15) is 68.3 Å². The zero-order valence-corrected chi connectivity index (χ0v) is 31.7. The predicted octanol–water partition coefficient (Wildman–Crippen LogP) is 8.43. The molecule has 0 radical (unpaired) electrons. The number of carbonyl (C=O) groups excluding carboxylic acids is 1. The van der Waals surface area contributed by atoms with Crippen molar-refractivity contribution in [3.8, 4) is 0 Å². The third kappa shape index (κ3) is 7.06. The maximum absolute atomic E-state index is 14.0. The highest BCUT2D eigenvalue weighted by atomic mass is 32.1. The molecule has 2 aliphatic carbocycles. The van der Waals surface area contributed by atoms with Gasteiger partial charge in [-0.25, -0.2) is 14.2 Å². The molecule has 2 saturated carbocycles. The number of nitrogens with one attached hydrogen (secondary N) is 1. The van der Waals surface area contributed by atoms with Crippen LogP contribution in [0.3, 0.4) is 0 Å². The van der Waals surface area contributed by atoms with E-state index in [9.17, 15) is 22.4 Å². The molecule has 1 N–H and O–H groups in total. The molecule has 3 fully saturated rings. The number of urea groups is 1. The van der Waals surface area contributed by atoms with E-state index in [1.54, 1.807) is 11.3 Å². The fraction of sp³-hybridized carbons (Fsp3) is 0.450. The molecular weight excluding hydrogens is 705 g/mol. The zero-order chi connectivity index (χ0) is 36.7. The topological polar surface area (TPSA) is 57.7 Å². The Bertz CT molecular complexity index is 1820. The van der Waals surface area contributed by atoms with Gasteiger partial charge in [0.25, 0.3) is 8.32 Å². The first-order valence-corrected chi connectivity index (χ1v) is 20.9. The summed E-state index contributed by atoms with van der Waals surface area (Å²) in [4.78, 5) is 24.1. The van der Waals surface area contributed by atoms with Crippen LogP contribution in [-0.4, -0.2) is 61.4 Å². The summed E-state index contributed by atoms with van der Waals surface area (Å²) in [5, 5.41) is 5.88. The van der Waals surface area contributed by atoms with Gasteiger partial charge in [-0.15, -0.1) is 11.3 Å². The summed E-state index contributed by atoms with van der Waals surface area (Å²) >= 11 is 1.69. The van der Waals surface area contributed by atoms with E-state index in [4.69, 9.17) is 9.41 Å². The van der Waals surface area contributed by atoms with Crippen LogP contribution >= 0.6 is 11.3 Å². The van der Waals surface area contributed by atoms with Crippen LogP contribution in [0, 0.1) is 11.7 Å². The number of hydrogen-bond acceptors (Lipinski definition) is 5. The van der Waals surface area contributed by atoms with Gasteiger partial charge in [0.1, 0.15) is 10.8 Å². The number of benzene rings is 3. The summed E-state index contributed by atoms with van der Waals surface area (Å²) in [7, 11) is -2.74. The van der Waals surface area contributed by atoms with Crippen LogP contribution in [0.2, 0.25) is 5.04 Å². The van der Waals surface area contributed by atoms with Crippen LogP contribution in [-0.2, 0) is 22.6 Å². The van der Waals surface area contributed by atoms with Crippen molar-refractivity contribution in [2.45, 2.75) is 82.2 Å². The normalized spacial score (nSPS) is 22.0. The van der Waals surface area contributed by atoms with Gasteiger partial charge in [0.15, 0.2) is 0 Å². The number of halogens is 4. The molecule has 2 amide bonds. The zero-order valence-electron chi connectivity index (χ0n) is 29.9. The Morgan fingerprint density at radius 1 is 1.02 bits per heavy atom. The number of alkyl halides is 3. The van der Waals surface area contributed by atoms with Crippen molar-refractivity contribution >= 4 is 41.7 Å². The summed E-state index contributed by atoms with van der Waals surface area (Å²) in [5.74, 6) is -1.14. The second kappa shape index (κ2) is 14.3. The number of likely N-dealkylation sites (tertiary alicyclic amines) is 1. The van der Waals surface area contributed by atoms with Crippen molar-refractivity contribution in [3.05, 3.63) is 106 Å². The number of anilines is 1. The van der Waals surface area contributed by atoms with Gasteiger partial charge in [-0.2, -0.15) is 13.2 Å². The van der Waals surface area contributed by atoms with E-state index in [1.807, 2.05) is 23.2 Å². The summed E-state index contributed by atoms with van der Waals surface area (Å²) < 4.78 is 61.6. The van der Waals surface area contributed by atoms with Crippen LogP contribution in [0.25, 0.3) is 0 Å². The smallest absolute Gasteiger partial charge is 0.401 e. The molecule has 1 saturated heterocycles. The molecule has 52 heavy (non-hydrogen) atoms. The molecule has 0 unspecified atom stereocenters. The number of thiazole rings is 1. The Balaban J connectivity index is 1.10. The van der Waals surface area contributed by atoms with Crippen LogP contribution in [0.4, 0.5) is 28.0 Å². The summed E-state index contributed by atoms with van der Waals surface area (Å²) in [6, 6.07) is 23.2. The average molecular weight is 751 g/mol. The van der Waals surface area contributed by atoms with E-state index in [-0.39, 0.29) is 28.1 Å². The van der Waals surface area contributed by atoms with Crippen LogP contribution in [0.15, 0.2) is 85.1 Å². The largest absolute Gasteiger partial charge is 0.419 e. The lowest BCUT2D eigenvalue weighted by Gasteiger charge is -2.42. The van der Waals surface area contributed by atoms with Gasteiger partial charge in [-0.1, -0.05) is 81.4 Å². The van der Waals surface area contributed by atoms with E-state index in [0.717, 1.165) is 56.3 Å². The van der Waals surface area contributed by atoms with Crippen molar-refractivity contribution in [2.75, 3.05) is 31.5 Å². The molecule has 3 aromatic carbocycles. The standard InChI is InChI=1S/C40H46F4N4O2SSi/c1-38(2,3)52(29-12-6-4-7-13-29,30-14-8-5-9-15-30)50-27-36-45-26-35(51-36)39-19-18-34(32(39)25-39)48(23-22-47-20-10-11-21-47)37(49)46-28-16-17-33(41)31(24-28)40(42,43)44/h4-9,12-17,24,26,32,34H,10-11,18-23,25,27H2,1-3H3,(H,46,49)/t32-,34-,39+/m1/s1. The molecule has 6 nitrogen and oxygen atoms in total. The second-order valence-electron chi connectivity index (χ2n) is 15.5. The van der Waals surface area contributed by atoms with Crippen molar-refractivity contribution in [2.24, 2.45) is 5.92 Å². The van der Waals surface area contributed by atoms with E-state index in [1.165, 1.54) is 21.3 Å². The molecule has 2 heterocycles. The van der Waals surface area contributed by atoms with E-state index < -0.39 is 31.9 Å². The molecular formula is C40H46F4N4O2SSi. The third-order valence-electron chi connectivity index (χ3n) is 11.4. The maximum Gasteiger partial charge on any atom is 0.419 e. The lowest BCUT2D eigenvalue weighted by atomic mass is 10.0. The first-order chi connectivity index (χ1) is 24.8. The Kier molecular flexibility index (Phi) is 10.1. The molecule has 1 aliphatic heterocycles. The molecule has 0 bridgehead atoms. The summed E-state index contributed by atoms with van der Waals surface area (Å²) in [6.45, 7) is 10.3. The van der Waals surface area contributed by atoms with Crippen molar-refractivity contribution in [1.29, 1.82) is 0 Å². The average Bonchev–Trinajstić information content (AvgIpc) is 3.50. The Hall–Kier alpha value is -3.58. The highest BCUT2D eigenvalue weighted by Gasteiger charge is 2.65. The Morgan fingerprint density at radius 2 is 1.67 bits per heavy atom. The van der Waals surface area contributed by atoms with Gasteiger partial charge in [-0.05, 0) is 84.7 Å². The van der Waals surface area contributed by atoms with Crippen molar-refractivity contribution in [3.63, 3.8) is 0 Å². The third-order valence-corrected chi connectivity index (χ3v) is 17.6. The Labute approximate surface area is 308 Å². The number of hydrogen-bond donors (Lipinski definition) is 1. The molecule has 3 atom stereocenters. The van der Waals surface area contributed by atoms with Crippen LogP contribution in [0.5, 0.6) is 0 Å². The first-order valence-electron chi connectivity index (χ1n) is 18.2. The van der Waals surface area contributed by atoms with Gasteiger partial charge in [0.05, 0.1) is 12.2 Å². The predicted molar refractivity (Wildman–Crippen MR) is 200 cm³/mol. The molecule has 7 rings (SSSR count). The molecule has 4 aromatic rings. The maximum atomic E-state index is 14.0. The summed E-state index contributed by atoms with van der Waals surface area (Å²) in [5.41, 5.74) is -1.54. The number of rotatable bonds is 11. The molecule has 12 heteroatoms. The van der Waals surface area contributed by atoms with E-state index in [0.29, 0.717) is 25.8 Å². The fourth-order valence-electron chi connectivity index (χ4n) is 8.74. The van der Waals surface area contributed by atoms with Gasteiger partial charge in [-0.3, -0.25) is 0 Å². The lowest BCUT2D eigenvalue weighted by molar-refractivity contribution is -0.139. The molecule has 3 aliphatic rings. The number of amides is 2. The number of aromatic nitrogens is 1. The van der Waals surface area contributed by atoms with Gasteiger partial charge in [0, 0.05) is 41.3 Å². The molecule has 0 spiro atoms. The lowest BCUT2D eigenvalue weighted by Crippen LogP contribution is -2.66. The summed E-state index contributed by atoms with van der Waals surface area (Å²) in [6.07, 6.45) is 1.98. The highest BCUT2D eigenvalue weighted by Crippen LogP contribution is 2.66. The highest BCUT2D eigenvalue weighted by molar-refractivity contribution is 7.11. The van der Waals surface area contributed by atoms with Crippen LogP contribution < -0.4 is 15.7 Å². The molecule has 276 valence electrons. The molecule has 1 aromatic heterocycles. The van der Waals surface area contributed by atoms with Crippen molar-refractivity contribution < 1.29 is 26.8 Å². The van der Waals surface area contributed by atoms with Crippen molar-refractivity contribution in [1.82, 2.24) is 14.8 Å². The SMILES string of the molecule is CC(C)(C)[Si](OCc1ncc([C@]23CC[C@@H](N(CCN4CCCC4)C(=O)Nc4ccc(F)c(C(F)(F)F)c4)[C@H]2C3)s1)(c1ccccc1)c1ccccc1. The Morgan fingerprint density at radius 3 is 2.27 bits per heavy atom. The minimum Gasteiger partial charge on any atom is -0.401 e. The first kappa shape index (κ1) is 36.8. The monoisotopic (exact) mass is 750 g/mol. The fourth-order valence-corrected chi connectivity index (χ4v) is 14.5. The van der Waals surface area contributed by atoms with Gasteiger partial charge >= 0.3 is 12.2 Å². The number of carbonyl (C=O) groups is 1. The number of fused-ring (bicyclic) bond motifs is 1. The quantitative estimate of drug-likeness (QED) is 0.124. The van der Waals surface area contributed by atoms with E-state index >= 15 is 0 Å². The second-order valence-corrected chi connectivity index (χ2v) is 20.9. The van der Waals surface area contributed by atoms with Gasteiger partial charge in [0.2, 0.25) is 0 Å². The number of nitrogens with zero attached hydrogens (tertiary/aromatic N) is 3. The minimum atomic E-state index is -4.86. The van der Waals surface area contributed by atoms with E-state index in [2.05, 4.69) is 79.5 Å².